The Morgan fingerprint density at radius 3 is 0.759 bits per heavy atom. The van der Waals surface area contributed by atoms with Gasteiger partial charge in [0, 0.05) is 77.9 Å². The molecule has 3 nitrogen and oxygen atoms in total. The van der Waals surface area contributed by atoms with Crippen LogP contribution in [0.25, 0.3) is 0 Å². The zero-order valence-electron chi connectivity index (χ0n) is 43.9. The van der Waals surface area contributed by atoms with E-state index in [1.54, 1.807) is 0 Å². The number of benzene rings is 9. The molecular weight excluding hydrogens is 959 g/mol. The Labute approximate surface area is 465 Å². The Bertz CT molecular complexity index is 3790. The summed E-state index contributed by atoms with van der Waals surface area (Å²) in [7, 11) is 0. The fourth-order valence-electron chi connectivity index (χ4n) is 7.89. The van der Waals surface area contributed by atoms with E-state index >= 15 is 0 Å². The third-order valence-electron chi connectivity index (χ3n) is 12.3. The lowest BCUT2D eigenvalue weighted by Crippen LogP contribution is -2.13. The molecule has 0 aliphatic rings. The first-order valence-corrected chi connectivity index (χ1v) is 25.6. The maximum atomic E-state index is 11.3. The van der Waals surface area contributed by atoms with E-state index in [1.807, 2.05) is 218 Å². The van der Waals surface area contributed by atoms with Gasteiger partial charge in [-0.2, -0.15) is 0 Å². The quantitative estimate of drug-likeness (QED) is 0.119. The van der Waals surface area contributed by atoms with Gasteiger partial charge in [0.1, 0.15) is 12.2 Å². The van der Waals surface area contributed by atoms with Crippen LogP contribution in [0, 0.1) is 94.7 Å². The van der Waals surface area contributed by atoms with Gasteiger partial charge >= 0.3 is 0 Å². The lowest BCUT2D eigenvalue weighted by molar-refractivity contribution is 0.238. The molecule has 79 heavy (non-hydrogen) atoms. The summed E-state index contributed by atoms with van der Waals surface area (Å²) < 4.78 is 0. The van der Waals surface area contributed by atoms with E-state index in [4.69, 9.17) is 5.73 Å². The molecule has 0 aliphatic heterocycles. The van der Waals surface area contributed by atoms with Gasteiger partial charge in [-0.15, -0.1) is 0 Å². The van der Waals surface area contributed by atoms with Crippen LogP contribution in [0.4, 0.5) is 5.69 Å². The molecule has 0 saturated carbocycles. The zero-order valence-corrected chi connectivity index (χ0v) is 43.9. The second kappa shape index (κ2) is 25.6. The molecule has 0 aromatic heterocycles. The topological polar surface area (TPSA) is 66.5 Å². The molecular formula is C76H51NO2. The van der Waals surface area contributed by atoms with E-state index in [1.165, 1.54) is 0 Å². The van der Waals surface area contributed by atoms with Gasteiger partial charge in [0.05, 0.1) is 5.69 Å². The summed E-state index contributed by atoms with van der Waals surface area (Å²) in [6.07, 6.45) is -2.20. The number of nitrogen functional groups attached to an aromatic ring is 1. The lowest BCUT2D eigenvalue weighted by atomic mass is 9.84. The Balaban J connectivity index is 0.899. The van der Waals surface area contributed by atoms with Crippen LogP contribution in [0.3, 0.4) is 0 Å². The summed E-state index contributed by atoms with van der Waals surface area (Å²) in [5.41, 5.74) is 20.1. The average Bonchev–Trinajstić information content (AvgIpc) is 3.48. The van der Waals surface area contributed by atoms with Crippen molar-refractivity contribution in [3.63, 3.8) is 0 Å². The van der Waals surface area contributed by atoms with Gasteiger partial charge in [0.25, 0.3) is 0 Å². The first kappa shape index (κ1) is 53.0. The van der Waals surface area contributed by atoms with Crippen LogP contribution in [0.15, 0.2) is 218 Å². The number of aliphatic hydroxyl groups is 2. The fraction of sp³-hybridized carbons (Fsp3) is 0.0789. The highest BCUT2D eigenvalue weighted by Crippen LogP contribution is 2.29. The van der Waals surface area contributed by atoms with Crippen LogP contribution in [0.1, 0.15) is 128 Å². The van der Waals surface area contributed by atoms with E-state index in [0.717, 1.165) is 72.3 Å². The third-order valence-corrected chi connectivity index (χ3v) is 12.3. The van der Waals surface area contributed by atoms with Gasteiger partial charge in [0.2, 0.25) is 0 Å². The van der Waals surface area contributed by atoms with Crippen molar-refractivity contribution in [2.75, 3.05) is 5.73 Å². The highest BCUT2D eigenvalue weighted by atomic mass is 16.3. The maximum Gasteiger partial charge on any atom is 0.140 e. The van der Waals surface area contributed by atoms with Crippen LogP contribution in [0.2, 0.25) is 0 Å². The van der Waals surface area contributed by atoms with Crippen molar-refractivity contribution in [2.24, 2.45) is 0 Å². The SMILES string of the molecule is CC(C)(C)c1cc(C#C[C@@H](O)c2ccc(C#Cc3cc(C#Cc4ccccc4)cc(C#Cc4ccccc4)c3)cc2)c(N)c(C#C[C@@H](O)c2ccc(C#Cc3cc(C#Cc4ccccc4)cc(C#Cc4ccccc4)c3)cc2)c1. The van der Waals surface area contributed by atoms with Crippen molar-refractivity contribution in [1.29, 1.82) is 0 Å². The van der Waals surface area contributed by atoms with E-state index in [0.29, 0.717) is 27.9 Å². The van der Waals surface area contributed by atoms with E-state index in [2.05, 4.69) is 115 Å². The largest absolute Gasteiger partial charge is 0.397 e. The molecule has 0 unspecified atom stereocenters. The molecule has 2 atom stereocenters. The second-order valence-electron chi connectivity index (χ2n) is 19.4. The highest BCUT2D eigenvalue weighted by Gasteiger charge is 2.18. The van der Waals surface area contributed by atoms with Gasteiger partial charge in [-0.3, -0.25) is 0 Å². The zero-order chi connectivity index (χ0) is 54.8. The summed E-state index contributed by atoms with van der Waals surface area (Å²) >= 11 is 0. The number of hydrogen-bond donors (Lipinski definition) is 3. The molecule has 0 bridgehead atoms. The molecule has 372 valence electrons. The molecule has 9 aromatic carbocycles. The minimum atomic E-state index is -1.10. The van der Waals surface area contributed by atoms with E-state index in [9.17, 15) is 10.2 Å². The summed E-state index contributed by atoms with van der Waals surface area (Å²) in [5.74, 6) is 51.4. The predicted octanol–water partition coefficient (Wildman–Crippen LogP) is 13.1. The molecule has 0 saturated heterocycles. The Morgan fingerprint density at radius 2 is 0.519 bits per heavy atom. The molecule has 0 radical (unpaired) electrons. The van der Waals surface area contributed by atoms with Crippen molar-refractivity contribution in [3.05, 3.63) is 313 Å². The minimum Gasteiger partial charge on any atom is -0.397 e. The molecule has 9 rings (SSSR count). The fourth-order valence-corrected chi connectivity index (χ4v) is 7.89. The van der Waals surface area contributed by atoms with Gasteiger partial charge in [0.15, 0.2) is 0 Å². The normalized spacial score (nSPS) is 10.7. The lowest BCUT2D eigenvalue weighted by Gasteiger charge is -2.20. The molecule has 0 amide bonds. The summed E-state index contributed by atoms with van der Waals surface area (Å²) in [6, 6.07) is 69.8. The van der Waals surface area contributed by atoms with Crippen molar-refractivity contribution >= 4 is 5.69 Å². The van der Waals surface area contributed by atoms with Gasteiger partial charge in [-0.25, -0.2) is 0 Å². The molecule has 0 aliphatic carbocycles. The first-order chi connectivity index (χ1) is 38.4. The maximum absolute atomic E-state index is 11.3. The number of aliphatic hydroxyl groups excluding tert-OH is 2. The average molecular weight is 1010 g/mol. The van der Waals surface area contributed by atoms with Crippen molar-refractivity contribution in [3.8, 4) is 94.7 Å². The summed E-state index contributed by atoms with van der Waals surface area (Å²) in [4.78, 5) is 0. The Morgan fingerprint density at radius 1 is 0.291 bits per heavy atom. The summed E-state index contributed by atoms with van der Waals surface area (Å²) in [6.45, 7) is 6.28. The van der Waals surface area contributed by atoms with Crippen molar-refractivity contribution in [1.82, 2.24) is 0 Å². The number of anilines is 1. The highest BCUT2D eigenvalue weighted by molar-refractivity contribution is 5.68. The Kier molecular flexibility index (Phi) is 17.2. The van der Waals surface area contributed by atoms with Gasteiger partial charge < -0.3 is 15.9 Å². The number of rotatable bonds is 2. The van der Waals surface area contributed by atoms with Gasteiger partial charge in [-0.05, 0) is 143 Å². The van der Waals surface area contributed by atoms with Crippen LogP contribution in [-0.4, -0.2) is 10.2 Å². The molecule has 9 aromatic rings. The van der Waals surface area contributed by atoms with Crippen LogP contribution in [0.5, 0.6) is 0 Å². The molecule has 0 heterocycles. The van der Waals surface area contributed by atoms with Crippen molar-refractivity contribution < 1.29 is 10.2 Å². The Hall–Kier alpha value is -10.8. The van der Waals surface area contributed by atoms with Crippen LogP contribution in [-0.2, 0) is 5.41 Å². The third kappa shape index (κ3) is 15.6. The smallest absolute Gasteiger partial charge is 0.140 e. The number of hydrogen-bond acceptors (Lipinski definition) is 3. The molecule has 4 N–H and O–H groups in total. The van der Waals surface area contributed by atoms with Gasteiger partial charge in [-0.1, -0.05) is 213 Å². The first-order valence-electron chi connectivity index (χ1n) is 25.6. The van der Waals surface area contributed by atoms with Crippen LogP contribution < -0.4 is 5.73 Å². The van der Waals surface area contributed by atoms with E-state index < -0.39 is 12.2 Å². The molecule has 0 spiro atoms. The predicted molar refractivity (Wildman–Crippen MR) is 321 cm³/mol. The standard InChI is InChI=1S/C76H51NO2/c1-76(2,3)72-54-70(44-46-73(78)68-40-36-60(37-41-68)28-34-66-50-62(30-24-56-16-8-4-9-17-56)48-63(51-66)31-25-57-18-10-5-11-19-57)75(77)71(55-72)45-47-74(79)69-42-38-61(39-43-69)29-35-67-52-64(32-26-58-20-12-6-13-21-58)49-65(53-67)33-27-59-22-14-7-15-23-59/h4-23,36-43,48-55,73-74,78-79H,77H2,1-3H3/t73-,74-/m1/s1. The number of nitrogens with two attached hydrogens (primary N) is 1. The molecule has 0 fully saturated rings. The second-order valence-corrected chi connectivity index (χ2v) is 19.4. The van der Waals surface area contributed by atoms with Crippen LogP contribution >= 0.6 is 0 Å². The minimum absolute atomic E-state index is 0.270. The molecule has 3 heteroatoms. The summed E-state index contributed by atoms with van der Waals surface area (Å²) in [5, 5.41) is 22.6. The van der Waals surface area contributed by atoms with E-state index in [-0.39, 0.29) is 5.41 Å². The van der Waals surface area contributed by atoms with Crippen molar-refractivity contribution in [2.45, 2.75) is 38.4 Å². The monoisotopic (exact) mass is 1010 g/mol.